The summed E-state index contributed by atoms with van der Waals surface area (Å²) in [7, 11) is 0. The molecule has 0 aliphatic rings. The number of hydrogen-bond donors (Lipinski definition) is 2. The van der Waals surface area contributed by atoms with Crippen molar-refractivity contribution in [1.29, 1.82) is 0 Å². The van der Waals surface area contributed by atoms with Crippen LogP contribution in [0.15, 0.2) is 30.3 Å². The van der Waals surface area contributed by atoms with Crippen molar-refractivity contribution in [2.45, 2.75) is 19.3 Å². The van der Waals surface area contributed by atoms with Crippen LogP contribution in [-0.2, 0) is 17.6 Å². The first-order valence-corrected chi connectivity index (χ1v) is 6.89. The minimum atomic E-state index is -0.852. The number of carboxylic acids is 1. The van der Waals surface area contributed by atoms with Gasteiger partial charge < -0.3 is 10.2 Å². The van der Waals surface area contributed by atoms with E-state index < -0.39 is 5.97 Å². The molecule has 2 aromatic rings. The molecule has 4 nitrogen and oxygen atoms in total. The Morgan fingerprint density at radius 2 is 2.00 bits per heavy atom. The van der Waals surface area contributed by atoms with Crippen LogP contribution in [0.3, 0.4) is 0 Å². The molecule has 0 saturated carbocycles. The maximum absolute atomic E-state index is 10.9. The van der Waals surface area contributed by atoms with Crippen LogP contribution in [0.25, 0.3) is 11.3 Å². The van der Waals surface area contributed by atoms with Crippen molar-refractivity contribution in [2.75, 3.05) is 6.61 Å². The van der Waals surface area contributed by atoms with Crippen molar-refractivity contribution in [1.82, 2.24) is 4.98 Å². The molecule has 0 atom stereocenters. The van der Waals surface area contributed by atoms with Crippen LogP contribution < -0.4 is 0 Å². The van der Waals surface area contributed by atoms with Gasteiger partial charge in [-0.1, -0.05) is 30.3 Å². The fourth-order valence-corrected chi connectivity index (χ4v) is 2.94. The Hall–Kier alpha value is -1.72. The Kier molecular flexibility index (Phi) is 4.65. The zero-order valence-electron chi connectivity index (χ0n) is 10.4. The molecule has 1 aromatic carbocycles. The number of benzene rings is 1. The Morgan fingerprint density at radius 1 is 1.26 bits per heavy atom. The van der Waals surface area contributed by atoms with Crippen molar-refractivity contribution in [3.63, 3.8) is 0 Å². The van der Waals surface area contributed by atoms with Crippen LogP contribution in [0.4, 0.5) is 0 Å². The SMILES string of the molecule is O=C(O)Cc1sc(CCCO)nc1-c1ccccc1. The Balaban J connectivity index is 2.33. The van der Waals surface area contributed by atoms with E-state index in [1.165, 1.54) is 11.3 Å². The van der Waals surface area contributed by atoms with E-state index in [1.807, 2.05) is 30.3 Å². The number of nitrogens with zero attached hydrogens (tertiary/aromatic N) is 1. The van der Waals surface area contributed by atoms with Crippen molar-refractivity contribution >= 4 is 17.3 Å². The molecule has 0 amide bonds. The molecule has 0 unspecified atom stereocenters. The van der Waals surface area contributed by atoms with E-state index >= 15 is 0 Å². The van der Waals surface area contributed by atoms with E-state index in [1.54, 1.807) is 0 Å². The summed E-state index contributed by atoms with van der Waals surface area (Å²) < 4.78 is 0. The van der Waals surface area contributed by atoms with Crippen molar-refractivity contribution < 1.29 is 15.0 Å². The van der Waals surface area contributed by atoms with Crippen LogP contribution in [0.1, 0.15) is 16.3 Å². The number of thiazole rings is 1. The van der Waals surface area contributed by atoms with Gasteiger partial charge in [0.25, 0.3) is 0 Å². The highest BCUT2D eigenvalue weighted by atomic mass is 32.1. The van der Waals surface area contributed by atoms with E-state index in [4.69, 9.17) is 10.2 Å². The van der Waals surface area contributed by atoms with Crippen LogP contribution >= 0.6 is 11.3 Å². The molecule has 2 N–H and O–H groups in total. The van der Waals surface area contributed by atoms with Gasteiger partial charge in [0, 0.05) is 23.5 Å². The molecule has 0 spiro atoms. The molecule has 0 fully saturated rings. The largest absolute Gasteiger partial charge is 0.481 e. The molecule has 1 aromatic heterocycles. The molecule has 0 aliphatic carbocycles. The summed E-state index contributed by atoms with van der Waals surface area (Å²) >= 11 is 1.42. The van der Waals surface area contributed by atoms with Gasteiger partial charge in [-0.25, -0.2) is 4.98 Å². The maximum atomic E-state index is 10.9. The van der Waals surface area contributed by atoms with E-state index in [9.17, 15) is 4.79 Å². The molecule has 5 heteroatoms. The minimum Gasteiger partial charge on any atom is -0.481 e. The minimum absolute atomic E-state index is 0.0129. The van der Waals surface area contributed by atoms with Crippen molar-refractivity contribution in [3.8, 4) is 11.3 Å². The summed E-state index contributed by atoms with van der Waals surface area (Å²) in [6.07, 6.45) is 1.32. The Labute approximate surface area is 115 Å². The summed E-state index contributed by atoms with van der Waals surface area (Å²) in [5.74, 6) is -0.852. The van der Waals surface area contributed by atoms with Crippen LogP contribution in [0, 0.1) is 0 Å². The highest BCUT2D eigenvalue weighted by molar-refractivity contribution is 7.12. The first kappa shape index (κ1) is 13.7. The second-order valence-corrected chi connectivity index (χ2v) is 5.31. The number of carbonyl (C=O) groups is 1. The predicted molar refractivity (Wildman–Crippen MR) is 74.3 cm³/mol. The smallest absolute Gasteiger partial charge is 0.308 e. The molecule has 100 valence electrons. The third-order valence-corrected chi connectivity index (χ3v) is 3.76. The number of aliphatic carboxylic acids is 1. The van der Waals surface area contributed by atoms with Crippen LogP contribution in [0.5, 0.6) is 0 Å². The van der Waals surface area contributed by atoms with E-state index in [-0.39, 0.29) is 13.0 Å². The second kappa shape index (κ2) is 6.45. The van der Waals surface area contributed by atoms with E-state index in [0.717, 1.165) is 21.1 Å². The van der Waals surface area contributed by atoms with Gasteiger partial charge in [-0.2, -0.15) is 0 Å². The molecule has 0 radical (unpaired) electrons. The van der Waals surface area contributed by atoms with Crippen molar-refractivity contribution in [3.05, 3.63) is 40.2 Å². The van der Waals surface area contributed by atoms with Gasteiger partial charge in [0.15, 0.2) is 0 Å². The lowest BCUT2D eigenvalue weighted by atomic mass is 10.1. The average Bonchev–Trinajstić information content (AvgIpc) is 2.79. The highest BCUT2D eigenvalue weighted by Crippen LogP contribution is 2.29. The summed E-state index contributed by atoms with van der Waals surface area (Å²) in [4.78, 5) is 16.2. The fraction of sp³-hybridized carbons (Fsp3) is 0.286. The zero-order chi connectivity index (χ0) is 13.7. The monoisotopic (exact) mass is 277 g/mol. The lowest BCUT2D eigenvalue weighted by Gasteiger charge is -1.99. The second-order valence-electron chi connectivity index (χ2n) is 4.14. The Bertz CT molecular complexity index is 551. The molecule has 0 bridgehead atoms. The number of rotatable bonds is 6. The summed E-state index contributed by atoms with van der Waals surface area (Å²) in [5.41, 5.74) is 1.69. The highest BCUT2D eigenvalue weighted by Gasteiger charge is 2.15. The number of aliphatic hydroxyl groups excluding tert-OH is 1. The first-order valence-electron chi connectivity index (χ1n) is 6.07. The third kappa shape index (κ3) is 3.62. The van der Waals surface area contributed by atoms with Gasteiger partial charge in [-0.15, -0.1) is 11.3 Å². The van der Waals surface area contributed by atoms with E-state index in [0.29, 0.717) is 12.8 Å². The molecule has 0 saturated heterocycles. The molecule has 0 aliphatic heterocycles. The zero-order valence-corrected chi connectivity index (χ0v) is 11.2. The topological polar surface area (TPSA) is 70.4 Å². The van der Waals surface area contributed by atoms with Gasteiger partial charge in [0.05, 0.1) is 17.1 Å². The molecule has 2 rings (SSSR count). The Morgan fingerprint density at radius 3 is 2.63 bits per heavy atom. The summed E-state index contributed by atoms with van der Waals surface area (Å²) in [6, 6.07) is 9.59. The third-order valence-electron chi connectivity index (χ3n) is 2.65. The number of hydrogen-bond acceptors (Lipinski definition) is 4. The number of aryl methyl sites for hydroxylation is 1. The van der Waals surface area contributed by atoms with Gasteiger partial charge in [-0.3, -0.25) is 4.79 Å². The predicted octanol–water partition coefficient (Wildman–Crippen LogP) is 2.36. The van der Waals surface area contributed by atoms with E-state index in [2.05, 4.69) is 4.98 Å². The van der Waals surface area contributed by atoms with Gasteiger partial charge >= 0.3 is 5.97 Å². The van der Waals surface area contributed by atoms with Gasteiger partial charge in [0.2, 0.25) is 0 Å². The van der Waals surface area contributed by atoms with Gasteiger partial charge in [-0.05, 0) is 6.42 Å². The number of aromatic nitrogens is 1. The van der Waals surface area contributed by atoms with Crippen LogP contribution in [0.2, 0.25) is 0 Å². The maximum Gasteiger partial charge on any atom is 0.308 e. The molecular formula is C14H15NO3S. The lowest BCUT2D eigenvalue weighted by molar-refractivity contribution is -0.136. The number of carboxylic acid groups (broad SMARTS) is 1. The van der Waals surface area contributed by atoms with Crippen LogP contribution in [-0.4, -0.2) is 27.8 Å². The normalized spacial score (nSPS) is 10.6. The van der Waals surface area contributed by atoms with Crippen molar-refractivity contribution in [2.24, 2.45) is 0 Å². The standard InChI is InChI=1S/C14H15NO3S/c16-8-4-7-12-15-14(10-5-2-1-3-6-10)11(19-12)9-13(17)18/h1-3,5-6,16H,4,7-9H2,(H,17,18). The molecular weight excluding hydrogens is 262 g/mol. The molecule has 19 heavy (non-hydrogen) atoms. The lowest BCUT2D eigenvalue weighted by Crippen LogP contribution is -1.99. The summed E-state index contributed by atoms with van der Waals surface area (Å²) in [6.45, 7) is 0.120. The van der Waals surface area contributed by atoms with Gasteiger partial charge in [0.1, 0.15) is 0 Å². The number of aliphatic hydroxyl groups is 1. The average molecular weight is 277 g/mol. The quantitative estimate of drug-likeness (QED) is 0.850. The summed E-state index contributed by atoms with van der Waals surface area (Å²) in [5, 5.41) is 18.7. The molecule has 1 heterocycles. The first-order chi connectivity index (χ1) is 9.20. The fourth-order valence-electron chi connectivity index (χ4n) is 1.82.